The van der Waals surface area contributed by atoms with Gasteiger partial charge in [-0.15, -0.1) is 0 Å². The molecule has 226 valence electrons. The number of nitrogens with one attached hydrogen (secondary N) is 3. The summed E-state index contributed by atoms with van der Waals surface area (Å²) in [5.41, 5.74) is 2.72. The molecule has 0 radical (unpaired) electrons. The number of aromatic nitrogens is 1. The molecular formula is C32H43N5O5. The van der Waals surface area contributed by atoms with Crippen LogP contribution in [-0.4, -0.2) is 54.4 Å². The van der Waals surface area contributed by atoms with Gasteiger partial charge in [0.15, 0.2) is 12.2 Å². The van der Waals surface area contributed by atoms with Crippen molar-refractivity contribution >= 4 is 23.5 Å². The maximum Gasteiger partial charge on any atom is 0.407 e. The number of likely N-dealkylation sites (N-methyl/N-ethyl adjacent to an activating group) is 1. The fraction of sp³-hybridized carbons (Fsp3) is 0.469. The maximum atomic E-state index is 12.9. The van der Waals surface area contributed by atoms with Gasteiger partial charge >= 0.3 is 12.1 Å². The summed E-state index contributed by atoms with van der Waals surface area (Å²) in [6.07, 6.45) is 8.23. The molecule has 42 heavy (non-hydrogen) atoms. The van der Waals surface area contributed by atoms with Gasteiger partial charge in [-0.3, -0.25) is 4.90 Å². The standard InChI is InChI=1S/C32H43N5O5/c1-5-37(22(2)3)20-30(24-11-7-6-8-12-24)42-32(39)34-18-23-10-9-13-25(16-23)35-31(38)36-26-14-15-27(28(17-26)40-4)29-19-33-21-41-29/h9-10,13-17,19,21-22,24,30H,5-8,11-12,18,20H2,1-4H3,(H,34,39)(H2,35,36,38). The smallest absolute Gasteiger partial charge is 0.407 e. The van der Waals surface area contributed by atoms with Crippen LogP contribution in [0.5, 0.6) is 5.75 Å². The van der Waals surface area contributed by atoms with E-state index in [9.17, 15) is 9.59 Å². The van der Waals surface area contributed by atoms with Crippen molar-refractivity contribution in [2.45, 2.75) is 71.6 Å². The number of rotatable bonds is 12. The van der Waals surface area contributed by atoms with E-state index in [4.69, 9.17) is 13.9 Å². The summed E-state index contributed by atoms with van der Waals surface area (Å²) in [6, 6.07) is 12.6. The summed E-state index contributed by atoms with van der Waals surface area (Å²) < 4.78 is 16.8. The first-order chi connectivity index (χ1) is 20.4. The van der Waals surface area contributed by atoms with Gasteiger partial charge in [-0.2, -0.15) is 0 Å². The summed E-state index contributed by atoms with van der Waals surface area (Å²) in [5, 5.41) is 8.57. The Morgan fingerprint density at radius 1 is 1.07 bits per heavy atom. The van der Waals surface area contributed by atoms with Crippen LogP contribution in [0.1, 0.15) is 58.4 Å². The predicted molar refractivity (Wildman–Crippen MR) is 164 cm³/mol. The molecule has 1 unspecified atom stereocenters. The molecule has 1 aliphatic rings. The third kappa shape index (κ3) is 8.72. The third-order valence-electron chi connectivity index (χ3n) is 7.76. The summed E-state index contributed by atoms with van der Waals surface area (Å²) in [4.78, 5) is 31.9. The number of alkyl carbamates (subject to hydrolysis) is 1. The third-order valence-corrected chi connectivity index (χ3v) is 7.76. The summed E-state index contributed by atoms with van der Waals surface area (Å²) in [6.45, 7) is 8.45. The fourth-order valence-corrected chi connectivity index (χ4v) is 5.45. The molecule has 4 rings (SSSR count). The number of hydrogen-bond acceptors (Lipinski definition) is 7. The summed E-state index contributed by atoms with van der Waals surface area (Å²) >= 11 is 0. The molecule has 3 N–H and O–H groups in total. The van der Waals surface area contributed by atoms with Crippen LogP contribution in [0.2, 0.25) is 0 Å². The van der Waals surface area contributed by atoms with Gasteiger partial charge in [-0.1, -0.05) is 38.3 Å². The van der Waals surface area contributed by atoms with Crippen molar-refractivity contribution in [3.05, 3.63) is 60.6 Å². The largest absolute Gasteiger partial charge is 0.496 e. The maximum absolute atomic E-state index is 12.9. The van der Waals surface area contributed by atoms with E-state index in [-0.39, 0.29) is 12.6 Å². The number of carbonyl (C=O) groups is 2. The Hall–Kier alpha value is -4.05. The average Bonchev–Trinajstić information content (AvgIpc) is 3.53. The zero-order valence-electron chi connectivity index (χ0n) is 25.0. The van der Waals surface area contributed by atoms with E-state index < -0.39 is 12.1 Å². The van der Waals surface area contributed by atoms with Gasteiger partial charge in [0.25, 0.3) is 0 Å². The molecule has 1 saturated carbocycles. The molecule has 3 aromatic rings. The van der Waals surface area contributed by atoms with Gasteiger partial charge in [-0.05, 0) is 69.0 Å². The minimum absolute atomic E-state index is 0.132. The van der Waals surface area contributed by atoms with Crippen molar-refractivity contribution in [1.82, 2.24) is 15.2 Å². The van der Waals surface area contributed by atoms with Gasteiger partial charge in [-0.25, -0.2) is 14.6 Å². The highest BCUT2D eigenvalue weighted by Crippen LogP contribution is 2.32. The molecule has 0 aliphatic heterocycles. The SMILES string of the molecule is CCN(CC(OC(=O)NCc1cccc(NC(=O)Nc2ccc(-c3cnco3)c(OC)c2)c1)C1CCCCC1)C(C)C. The van der Waals surface area contributed by atoms with Crippen LogP contribution < -0.4 is 20.7 Å². The number of oxazole rings is 1. The second-order valence-corrected chi connectivity index (χ2v) is 10.9. The highest BCUT2D eigenvalue weighted by Gasteiger charge is 2.29. The molecule has 1 aromatic heterocycles. The molecule has 10 heteroatoms. The first-order valence-electron chi connectivity index (χ1n) is 14.8. The normalized spacial score (nSPS) is 14.4. The Kier molecular flexibility index (Phi) is 11.2. The molecule has 0 spiro atoms. The van der Waals surface area contributed by atoms with Crippen LogP contribution in [0.25, 0.3) is 11.3 Å². The van der Waals surface area contributed by atoms with Gasteiger partial charge < -0.3 is 29.8 Å². The number of methoxy groups -OCH3 is 1. The molecule has 0 saturated heterocycles. The minimum atomic E-state index is -0.413. The second-order valence-electron chi connectivity index (χ2n) is 10.9. The fourth-order valence-electron chi connectivity index (χ4n) is 5.45. The first kappa shape index (κ1) is 30.9. The monoisotopic (exact) mass is 577 g/mol. The number of hydrogen-bond donors (Lipinski definition) is 3. The van der Waals surface area contributed by atoms with Crippen molar-refractivity contribution in [2.75, 3.05) is 30.8 Å². The quantitative estimate of drug-likeness (QED) is 0.214. The van der Waals surface area contributed by atoms with E-state index >= 15 is 0 Å². The van der Waals surface area contributed by atoms with Gasteiger partial charge in [0, 0.05) is 36.6 Å². The molecule has 0 bridgehead atoms. The number of amides is 3. The lowest BCUT2D eigenvalue weighted by Crippen LogP contribution is -2.44. The lowest BCUT2D eigenvalue weighted by atomic mass is 9.85. The Morgan fingerprint density at radius 2 is 1.83 bits per heavy atom. The minimum Gasteiger partial charge on any atom is -0.496 e. The van der Waals surface area contributed by atoms with Crippen LogP contribution in [0, 0.1) is 5.92 Å². The van der Waals surface area contributed by atoms with E-state index in [2.05, 4.69) is 46.6 Å². The lowest BCUT2D eigenvalue weighted by Gasteiger charge is -2.35. The first-order valence-corrected chi connectivity index (χ1v) is 14.8. The van der Waals surface area contributed by atoms with Crippen LogP contribution in [0.15, 0.2) is 59.5 Å². The van der Waals surface area contributed by atoms with E-state index in [1.165, 1.54) is 25.7 Å². The molecule has 3 amide bonds. The van der Waals surface area contributed by atoms with Gasteiger partial charge in [0.1, 0.15) is 11.9 Å². The molecule has 1 heterocycles. The van der Waals surface area contributed by atoms with Gasteiger partial charge in [0.2, 0.25) is 0 Å². The van der Waals surface area contributed by atoms with Crippen LogP contribution in [-0.2, 0) is 11.3 Å². The lowest BCUT2D eigenvalue weighted by molar-refractivity contribution is 0.0177. The van der Waals surface area contributed by atoms with Crippen molar-refractivity contribution < 1.29 is 23.5 Å². The average molecular weight is 578 g/mol. The molecule has 1 fully saturated rings. The molecule has 1 aliphatic carbocycles. The van der Waals surface area contributed by atoms with E-state index in [0.717, 1.165) is 37.1 Å². The van der Waals surface area contributed by atoms with Crippen molar-refractivity contribution in [3.63, 3.8) is 0 Å². The second kappa shape index (κ2) is 15.3. The van der Waals surface area contributed by atoms with E-state index in [1.807, 2.05) is 18.2 Å². The topological polar surface area (TPSA) is 118 Å². The Morgan fingerprint density at radius 3 is 2.50 bits per heavy atom. The van der Waals surface area contributed by atoms with Gasteiger partial charge in [0.05, 0.1) is 18.9 Å². The molecular weight excluding hydrogens is 534 g/mol. The zero-order valence-corrected chi connectivity index (χ0v) is 25.0. The number of carbonyl (C=O) groups excluding carboxylic acids is 2. The number of ether oxygens (including phenoxy) is 2. The summed E-state index contributed by atoms with van der Waals surface area (Å²) in [7, 11) is 1.55. The Labute approximate surface area is 248 Å². The Bertz CT molecular complexity index is 1290. The highest BCUT2D eigenvalue weighted by atomic mass is 16.6. The molecule has 1 atom stereocenters. The van der Waals surface area contributed by atoms with Crippen LogP contribution >= 0.6 is 0 Å². The number of benzene rings is 2. The van der Waals surface area contributed by atoms with Crippen molar-refractivity contribution in [3.8, 4) is 17.1 Å². The molecule has 10 nitrogen and oxygen atoms in total. The van der Waals surface area contributed by atoms with E-state index in [0.29, 0.717) is 34.8 Å². The predicted octanol–water partition coefficient (Wildman–Crippen LogP) is 6.90. The van der Waals surface area contributed by atoms with Crippen LogP contribution in [0.4, 0.5) is 21.0 Å². The molecule has 2 aromatic carbocycles. The van der Waals surface area contributed by atoms with Crippen molar-refractivity contribution in [2.24, 2.45) is 5.92 Å². The number of anilines is 2. The van der Waals surface area contributed by atoms with E-state index in [1.54, 1.807) is 37.6 Å². The highest BCUT2D eigenvalue weighted by molar-refractivity contribution is 6.00. The zero-order chi connectivity index (χ0) is 29.9. The number of nitrogens with zero attached hydrogens (tertiary/aromatic N) is 2. The number of urea groups is 1. The van der Waals surface area contributed by atoms with Crippen molar-refractivity contribution in [1.29, 1.82) is 0 Å². The van der Waals surface area contributed by atoms with Crippen LogP contribution in [0.3, 0.4) is 0 Å². The Balaban J connectivity index is 1.31. The summed E-state index contributed by atoms with van der Waals surface area (Å²) in [5.74, 6) is 1.50.